The molecule has 6 heteroatoms. The highest BCUT2D eigenvalue weighted by Gasteiger charge is 2.66. The Morgan fingerprint density at radius 2 is 2.08 bits per heavy atom. The van der Waals surface area contributed by atoms with E-state index in [1.54, 1.807) is 0 Å². The number of carbonyl (C=O) groups is 2. The summed E-state index contributed by atoms with van der Waals surface area (Å²) in [6.45, 7) is 6.47. The van der Waals surface area contributed by atoms with Crippen LogP contribution < -0.4 is 5.32 Å². The van der Waals surface area contributed by atoms with Crippen LogP contribution >= 0.6 is 0 Å². The van der Waals surface area contributed by atoms with Crippen LogP contribution in [0.2, 0.25) is 0 Å². The minimum absolute atomic E-state index is 0.200. The molecular formula is C19H25NO5. The number of aliphatic carboxylic acids is 1. The van der Waals surface area contributed by atoms with Crippen molar-refractivity contribution in [1.29, 1.82) is 0 Å². The third-order valence-corrected chi connectivity index (χ3v) is 5.70. The lowest BCUT2D eigenvalue weighted by Gasteiger charge is -2.58. The number of hydrogen-bond donors (Lipinski definition) is 2. The molecule has 0 saturated heterocycles. The van der Waals surface area contributed by atoms with Gasteiger partial charge in [0.1, 0.15) is 5.54 Å². The summed E-state index contributed by atoms with van der Waals surface area (Å²) in [5.41, 5.74) is -0.179. The normalized spacial score (nSPS) is 30.0. The first kappa shape index (κ1) is 17.9. The zero-order chi connectivity index (χ0) is 18.2. The highest BCUT2D eigenvalue weighted by atomic mass is 16.5. The number of fused-ring (bicyclic) bond motifs is 1. The topological polar surface area (TPSA) is 84.9 Å². The zero-order valence-corrected chi connectivity index (χ0v) is 14.9. The molecule has 6 nitrogen and oxygen atoms in total. The second-order valence-corrected chi connectivity index (χ2v) is 7.27. The van der Waals surface area contributed by atoms with E-state index in [0.29, 0.717) is 13.2 Å². The van der Waals surface area contributed by atoms with Gasteiger partial charge in [-0.25, -0.2) is 4.79 Å². The van der Waals surface area contributed by atoms with Gasteiger partial charge in [-0.05, 0) is 24.5 Å². The summed E-state index contributed by atoms with van der Waals surface area (Å²) >= 11 is 0. The van der Waals surface area contributed by atoms with Gasteiger partial charge in [0.05, 0.1) is 12.7 Å². The number of hydrogen-bond acceptors (Lipinski definition) is 4. The van der Waals surface area contributed by atoms with Crippen molar-refractivity contribution in [2.24, 2.45) is 5.41 Å². The summed E-state index contributed by atoms with van der Waals surface area (Å²) in [5.74, 6) is -1.44. The summed E-state index contributed by atoms with van der Waals surface area (Å²) in [5, 5.41) is 12.6. The van der Waals surface area contributed by atoms with Crippen LogP contribution in [0.3, 0.4) is 0 Å². The Hall–Kier alpha value is -1.92. The van der Waals surface area contributed by atoms with Crippen molar-refractivity contribution in [2.75, 3.05) is 13.2 Å². The molecule has 0 aromatic heterocycles. The Bertz CT molecular complexity index is 686. The number of carboxylic acid groups (broad SMARTS) is 1. The van der Waals surface area contributed by atoms with Gasteiger partial charge in [0.25, 0.3) is 5.91 Å². The fourth-order valence-electron chi connectivity index (χ4n) is 3.92. The van der Waals surface area contributed by atoms with Crippen LogP contribution in [0.15, 0.2) is 24.3 Å². The van der Waals surface area contributed by atoms with Gasteiger partial charge in [0.2, 0.25) is 0 Å². The molecule has 2 aliphatic rings. The van der Waals surface area contributed by atoms with Gasteiger partial charge >= 0.3 is 5.97 Å². The van der Waals surface area contributed by atoms with E-state index in [2.05, 4.69) is 5.32 Å². The van der Waals surface area contributed by atoms with Crippen LogP contribution in [0, 0.1) is 5.41 Å². The molecule has 2 N–H and O–H groups in total. The van der Waals surface area contributed by atoms with E-state index >= 15 is 0 Å². The summed E-state index contributed by atoms with van der Waals surface area (Å²) in [7, 11) is 0. The van der Waals surface area contributed by atoms with Crippen molar-refractivity contribution < 1.29 is 24.2 Å². The molecule has 3 unspecified atom stereocenters. The largest absolute Gasteiger partial charge is 0.479 e. The van der Waals surface area contributed by atoms with Gasteiger partial charge in [-0.3, -0.25) is 4.79 Å². The molecule has 136 valence electrons. The molecule has 0 bridgehead atoms. The minimum atomic E-state index is -1.35. The molecule has 1 aliphatic heterocycles. The van der Waals surface area contributed by atoms with Crippen molar-refractivity contribution >= 4 is 11.9 Å². The van der Waals surface area contributed by atoms with Crippen molar-refractivity contribution in [3.05, 3.63) is 35.4 Å². The Morgan fingerprint density at radius 1 is 1.36 bits per heavy atom. The number of rotatable bonds is 5. The standard InChI is InChI=1S/C19H25NO5/c1-4-24-14-11-19(17(22)23,18(14,2)3)20-16(21)15-13-8-6-5-7-12(13)9-10-25-15/h5-8,14-15H,4,9-11H2,1-3H3,(H,20,21)(H,22,23). The third-order valence-electron chi connectivity index (χ3n) is 5.70. The molecule has 1 fully saturated rings. The summed E-state index contributed by atoms with van der Waals surface area (Å²) < 4.78 is 11.3. The summed E-state index contributed by atoms with van der Waals surface area (Å²) in [4.78, 5) is 24.9. The Balaban J connectivity index is 1.83. The molecule has 3 rings (SSSR count). The first-order chi connectivity index (χ1) is 11.8. The van der Waals surface area contributed by atoms with Gasteiger partial charge in [0, 0.05) is 18.4 Å². The van der Waals surface area contributed by atoms with Crippen LogP contribution in [0.25, 0.3) is 0 Å². The van der Waals surface area contributed by atoms with Crippen LogP contribution in [-0.4, -0.2) is 41.8 Å². The van der Waals surface area contributed by atoms with Gasteiger partial charge in [0.15, 0.2) is 6.10 Å². The third kappa shape index (κ3) is 2.73. The van der Waals surface area contributed by atoms with Crippen LogP contribution in [-0.2, 0) is 25.5 Å². The molecule has 25 heavy (non-hydrogen) atoms. The highest BCUT2D eigenvalue weighted by molar-refractivity contribution is 5.92. The first-order valence-electron chi connectivity index (χ1n) is 8.70. The van der Waals surface area contributed by atoms with Gasteiger partial charge in [-0.2, -0.15) is 0 Å². The maximum absolute atomic E-state index is 12.9. The Morgan fingerprint density at radius 3 is 2.72 bits per heavy atom. The van der Waals surface area contributed by atoms with Crippen molar-refractivity contribution in [2.45, 2.75) is 51.4 Å². The van der Waals surface area contributed by atoms with E-state index in [1.807, 2.05) is 45.0 Å². The molecular weight excluding hydrogens is 322 g/mol. The fraction of sp³-hybridized carbons (Fsp3) is 0.579. The van der Waals surface area contributed by atoms with Gasteiger partial charge < -0.3 is 19.9 Å². The van der Waals surface area contributed by atoms with Crippen LogP contribution in [0.1, 0.15) is 44.4 Å². The number of ether oxygens (including phenoxy) is 2. The zero-order valence-electron chi connectivity index (χ0n) is 14.9. The van der Waals surface area contributed by atoms with E-state index in [0.717, 1.165) is 17.5 Å². The lowest BCUT2D eigenvalue weighted by molar-refractivity contribution is -0.196. The van der Waals surface area contributed by atoms with Crippen molar-refractivity contribution in [3.8, 4) is 0 Å². The molecule has 1 aliphatic carbocycles. The molecule has 1 heterocycles. The second kappa shape index (κ2) is 6.42. The highest BCUT2D eigenvalue weighted by Crippen LogP contribution is 2.51. The number of carbonyl (C=O) groups excluding carboxylic acids is 1. The van der Waals surface area contributed by atoms with Gasteiger partial charge in [-0.1, -0.05) is 38.1 Å². The van der Waals surface area contributed by atoms with Crippen molar-refractivity contribution in [3.63, 3.8) is 0 Å². The number of nitrogens with one attached hydrogen (secondary N) is 1. The lowest BCUT2D eigenvalue weighted by Crippen LogP contribution is -2.76. The smallest absolute Gasteiger partial charge is 0.330 e. The number of amides is 1. The molecule has 3 atom stereocenters. The van der Waals surface area contributed by atoms with Crippen LogP contribution in [0.4, 0.5) is 0 Å². The van der Waals surface area contributed by atoms with Crippen LogP contribution in [0.5, 0.6) is 0 Å². The molecule has 0 radical (unpaired) electrons. The molecule has 1 aromatic carbocycles. The predicted molar refractivity (Wildman–Crippen MR) is 91.2 cm³/mol. The summed E-state index contributed by atoms with van der Waals surface area (Å²) in [6.07, 6.45) is 0.0298. The predicted octanol–water partition coefficient (Wildman–Crippen LogP) is 2.07. The number of benzene rings is 1. The molecule has 1 amide bonds. The molecule has 0 spiro atoms. The average molecular weight is 347 g/mol. The number of carboxylic acids is 1. The second-order valence-electron chi connectivity index (χ2n) is 7.27. The monoisotopic (exact) mass is 347 g/mol. The molecule has 1 aromatic rings. The van der Waals surface area contributed by atoms with Gasteiger partial charge in [-0.15, -0.1) is 0 Å². The Kier molecular flexibility index (Phi) is 4.60. The Labute approximate surface area is 147 Å². The SMILES string of the molecule is CCOC1CC(NC(=O)C2OCCc3ccccc32)(C(=O)O)C1(C)C. The molecule has 1 saturated carbocycles. The van der Waals surface area contributed by atoms with E-state index in [1.165, 1.54) is 0 Å². The van der Waals surface area contributed by atoms with Crippen molar-refractivity contribution in [1.82, 2.24) is 5.32 Å². The van der Waals surface area contributed by atoms with E-state index in [-0.39, 0.29) is 12.5 Å². The summed E-state index contributed by atoms with van der Waals surface area (Å²) in [6, 6.07) is 7.63. The first-order valence-corrected chi connectivity index (χ1v) is 8.70. The van der Waals surface area contributed by atoms with E-state index in [9.17, 15) is 14.7 Å². The lowest BCUT2D eigenvalue weighted by atomic mass is 9.54. The minimum Gasteiger partial charge on any atom is -0.479 e. The fourth-order valence-corrected chi connectivity index (χ4v) is 3.92. The average Bonchev–Trinajstić information content (AvgIpc) is 2.59. The quantitative estimate of drug-likeness (QED) is 0.852. The van der Waals surface area contributed by atoms with E-state index in [4.69, 9.17) is 9.47 Å². The maximum Gasteiger partial charge on any atom is 0.330 e. The maximum atomic E-state index is 12.9. The van der Waals surface area contributed by atoms with E-state index < -0.39 is 28.9 Å².